The van der Waals surface area contributed by atoms with Crippen LogP contribution in [0, 0.1) is 0 Å². The van der Waals surface area contributed by atoms with E-state index < -0.39 is 0 Å². The minimum absolute atomic E-state index is 0. The maximum atomic E-state index is 0. The van der Waals surface area contributed by atoms with Gasteiger partial charge < -0.3 is 0 Å². The molecule has 0 aromatic rings. The van der Waals surface area contributed by atoms with Gasteiger partial charge in [0, 0.05) is 77.2 Å². The Morgan fingerprint density at radius 3 is 1.00 bits per heavy atom. The Kier molecular flexibility index (Phi) is 143. The van der Waals surface area contributed by atoms with Gasteiger partial charge in [-0.15, -0.1) is 0 Å². The summed E-state index contributed by atoms with van der Waals surface area (Å²) in [7, 11) is 0. The minimum Gasteiger partial charge on any atom is 0 e. The molecule has 0 aliphatic heterocycles. The first kappa shape index (κ1) is 31.9. The Morgan fingerprint density at radius 1 is 1.00 bits per heavy atom. The molecule has 0 unspecified atom stereocenters. The zero-order valence-electron chi connectivity index (χ0n) is 1.69. The molecule has 0 atom stereocenters. The van der Waals surface area contributed by atoms with Crippen molar-refractivity contribution in [1.82, 2.24) is 0 Å². The van der Waals surface area contributed by atoms with Crippen LogP contribution >= 0.6 is 0 Å². The quantitative estimate of drug-likeness (QED) is 0.545. The summed E-state index contributed by atoms with van der Waals surface area (Å²) in [5.74, 6) is 0. The van der Waals surface area contributed by atoms with Crippen molar-refractivity contribution in [3.05, 3.63) is 0 Å². The summed E-state index contributed by atoms with van der Waals surface area (Å²) in [5, 5.41) is 0. The molecule has 4 heteroatoms. The van der Waals surface area contributed by atoms with Crippen LogP contribution in [-0.2, 0) is 77.2 Å². The number of rotatable bonds is 0. The third-order valence-corrected chi connectivity index (χ3v) is 0. The molecule has 0 aliphatic rings. The number of hydrogen-bond donors (Lipinski definition) is 0. The van der Waals surface area contributed by atoms with Crippen LogP contribution in [0.2, 0.25) is 0 Å². The smallest absolute Gasteiger partial charge is 0 e. The second kappa shape index (κ2) is 18.0. The molecule has 23 valence electrons. The number of hydrogen-bond acceptors (Lipinski definition) is 0. The second-order valence-corrected chi connectivity index (χ2v) is 0. The maximum Gasteiger partial charge on any atom is 0 e. The van der Waals surface area contributed by atoms with Crippen molar-refractivity contribution in [3.8, 4) is 0 Å². The van der Waals surface area contributed by atoms with Gasteiger partial charge in [-0.25, -0.2) is 0 Å². The summed E-state index contributed by atoms with van der Waals surface area (Å²) in [6.07, 6.45) is 0. The van der Waals surface area contributed by atoms with Crippen LogP contribution in [-0.4, -0.2) is 0 Å². The predicted octanol–water partition coefficient (Wildman–Crippen LogP) is -0.0100. The molecule has 0 aromatic heterocycles. The standard InChI is InChI=1S/Cr.Mn.Ti.W. The first-order chi connectivity index (χ1) is 0. The molecule has 0 aliphatic carbocycles. The van der Waals surface area contributed by atoms with E-state index in [9.17, 15) is 0 Å². The molecule has 0 rings (SSSR count). The molecule has 1 radical (unpaired) electrons. The maximum absolute atomic E-state index is 0. The van der Waals surface area contributed by atoms with Crippen LogP contribution in [0.5, 0.6) is 0 Å². The molecule has 0 saturated heterocycles. The van der Waals surface area contributed by atoms with Gasteiger partial charge in [0.05, 0.1) is 0 Å². The summed E-state index contributed by atoms with van der Waals surface area (Å²) < 4.78 is 0. The molecular formula is CrMnTiW. The minimum atomic E-state index is 0. The summed E-state index contributed by atoms with van der Waals surface area (Å²) in [4.78, 5) is 0. The molecule has 0 saturated carbocycles. The average Bonchev–Trinajstić information content (AvgIpc) is 0. The fourth-order valence-corrected chi connectivity index (χ4v) is 0. The molecular weight excluding hydrogens is 339 g/mol. The van der Waals surface area contributed by atoms with E-state index >= 15 is 0 Å². The second-order valence-electron chi connectivity index (χ2n) is 0. The van der Waals surface area contributed by atoms with Gasteiger partial charge in [-0.05, 0) is 0 Å². The fraction of sp³-hybridized carbons (Fsp3) is 0. The molecule has 0 nitrogen and oxygen atoms in total. The third kappa shape index (κ3) is 8.82. The molecule has 0 fully saturated rings. The summed E-state index contributed by atoms with van der Waals surface area (Å²) >= 11 is 0. The van der Waals surface area contributed by atoms with E-state index in [0.29, 0.717) is 0 Å². The molecule has 0 bridgehead atoms. The molecule has 0 spiro atoms. The Hall–Kier alpha value is 2.45. The van der Waals surface area contributed by atoms with Crippen molar-refractivity contribution in [2.45, 2.75) is 0 Å². The largest absolute Gasteiger partial charge is 0 e. The van der Waals surface area contributed by atoms with Gasteiger partial charge in [0.2, 0.25) is 0 Å². The molecule has 0 aromatic carbocycles. The van der Waals surface area contributed by atoms with Gasteiger partial charge in [0.1, 0.15) is 0 Å². The van der Waals surface area contributed by atoms with Crippen molar-refractivity contribution < 1.29 is 77.2 Å². The van der Waals surface area contributed by atoms with E-state index in [4.69, 9.17) is 0 Å². The predicted molar refractivity (Wildman–Crippen MR) is 0 cm³/mol. The Labute approximate surface area is 76.2 Å². The van der Waals surface area contributed by atoms with E-state index in [-0.39, 0.29) is 77.2 Å². The van der Waals surface area contributed by atoms with E-state index in [2.05, 4.69) is 0 Å². The van der Waals surface area contributed by atoms with Crippen molar-refractivity contribution in [2.24, 2.45) is 0 Å². The Balaban J connectivity index is 0. The average molecular weight is 339 g/mol. The normalized spacial score (nSPS) is 0. The summed E-state index contributed by atoms with van der Waals surface area (Å²) in [5.41, 5.74) is 0. The zero-order chi connectivity index (χ0) is 0. The van der Waals surface area contributed by atoms with Crippen LogP contribution in [0.3, 0.4) is 0 Å². The Morgan fingerprint density at radius 2 is 1.00 bits per heavy atom. The first-order valence-corrected chi connectivity index (χ1v) is 0. The van der Waals surface area contributed by atoms with Gasteiger partial charge in [0.15, 0.2) is 0 Å². The fourth-order valence-electron chi connectivity index (χ4n) is 0. The molecule has 4 heavy (non-hydrogen) atoms. The Bertz CT molecular complexity index is 8.00. The van der Waals surface area contributed by atoms with E-state index in [1.165, 1.54) is 0 Å². The van der Waals surface area contributed by atoms with Crippen LogP contribution in [0.15, 0.2) is 0 Å². The van der Waals surface area contributed by atoms with Crippen LogP contribution in [0.1, 0.15) is 0 Å². The van der Waals surface area contributed by atoms with Gasteiger partial charge in [0.25, 0.3) is 0 Å². The summed E-state index contributed by atoms with van der Waals surface area (Å²) in [6.45, 7) is 0. The van der Waals surface area contributed by atoms with Crippen LogP contribution in [0.25, 0.3) is 0 Å². The first-order valence-electron chi connectivity index (χ1n) is 0. The topological polar surface area (TPSA) is 0 Å². The van der Waals surface area contributed by atoms with E-state index in [0.717, 1.165) is 0 Å². The molecule has 0 amide bonds. The van der Waals surface area contributed by atoms with Gasteiger partial charge in [-0.1, -0.05) is 0 Å². The van der Waals surface area contributed by atoms with E-state index in [1.54, 1.807) is 0 Å². The molecule has 0 N–H and O–H groups in total. The van der Waals surface area contributed by atoms with Gasteiger partial charge >= 0.3 is 0 Å². The van der Waals surface area contributed by atoms with Gasteiger partial charge in [-0.3, -0.25) is 0 Å². The van der Waals surface area contributed by atoms with Gasteiger partial charge in [-0.2, -0.15) is 0 Å². The molecule has 0 heterocycles. The monoisotopic (exact) mass is 339 g/mol. The van der Waals surface area contributed by atoms with Crippen molar-refractivity contribution in [3.63, 3.8) is 0 Å². The van der Waals surface area contributed by atoms with Crippen molar-refractivity contribution >= 4 is 0 Å². The van der Waals surface area contributed by atoms with Crippen molar-refractivity contribution in [2.75, 3.05) is 0 Å². The van der Waals surface area contributed by atoms with Crippen molar-refractivity contribution in [1.29, 1.82) is 0 Å². The van der Waals surface area contributed by atoms with Crippen LogP contribution < -0.4 is 0 Å². The zero-order valence-corrected chi connectivity index (χ0v) is 8.64. The van der Waals surface area contributed by atoms with E-state index in [1.807, 2.05) is 0 Å². The van der Waals surface area contributed by atoms with Crippen LogP contribution in [0.4, 0.5) is 0 Å². The SMILES string of the molecule is [Cr].[Mn].[Ti].[W]. The third-order valence-electron chi connectivity index (χ3n) is 0. The summed E-state index contributed by atoms with van der Waals surface area (Å²) in [6, 6.07) is 0.